The summed E-state index contributed by atoms with van der Waals surface area (Å²) >= 11 is 0. The van der Waals surface area contributed by atoms with E-state index in [1.807, 2.05) is 48.9 Å². The molecule has 0 radical (unpaired) electrons. The number of hydrogen-bond acceptors (Lipinski definition) is 5. The summed E-state index contributed by atoms with van der Waals surface area (Å²) < 4.78 is 35.5. The molecule has 0 bridgehead atoms. The molecule has 0 spiro atoms. The number of benzene rings is 3. The van der Waals surface area contributed by atoms with Crippen LogP contribution in [0.4, 0.5) is 5.69 Å². The highest BCUT2D eigenvalue weighted by Crippen LogP contribution is 2.27. The summed E-state index contributed by atoms with van der Waals surface area (Å²) in [7, 11) is -2.51. The molecule has 0 saturated carbocycles. The van der Waals surface area contributed by atoms with Crippen molar-refractivity contribution in [2.75, 3.05) is 18.0 Å². The third-order valence-corrected chi connectivity index (χ3v) is 7.58. The highest BCUT2D eigenvalue weighted by molar-refractivity contribution is 7.92. The monoisotopic (exact) mass is 504 g/mol. The molecule has 0 fully saturated rings. The fourth-order valence-electron chi connectivity index (χ4n) is 3.83. The summed E-state index contributed by atoms with van der Waals surface area (Å²) in [5.41, 5.74) is 3.04. The number of carbonyl (C=O) groups excluding carboxylic acids is 1. The van der Waals surface area contributed by atoms with Crippen LogP contribution in [0.3, 0.4) is 0 Å². The molecule has 0 aliphatic carbocycles. The Balaban J connectivity index is 1.60. The average Bonchev–Trinajstić information content (AvgIpc) is 3.32. The lowest BCUT2D eigenvalue weighted by Crippen LogP contribution is -2.40. The van der Waals surface area contributed by atoms with Crippen LogP contribution in [0.25, 0.3) is 5.69 Å². The summed E-state index contributed by atoms with van der Waals surface area (Å²) in [5, 5.41) is 2.87. The molecule has 4 rings (SSSR count). The van der Waals surface area contributed by atoms with Crippen LogP contribution >= 0.6 is 0 Å². The van der Waals surface area contributed by atoms with Crippen molar-refractivity contribution < 1.29 is 17.9 Å². The number of rotatable bonds is 9. The van der Waals surface area contributed by atoms with Crippen molar-refractivity contribution in [3.05, 3.63) is 102 Å². The van der Waals surface area contributed by atoms with Crippen molar-refractivity contribution in [3.8, 4) is 11.4 Å². The average molecular weight is 505 g/mol. The number of hydrogen-bond donors (Lipinski definition) is 1. The highest BCUT2D eigenvalue weighted by Gasteiger charge is 2.27. The lowest BCUT2D eigenvalue weighted by atomic mass is 10.1. The van der Waals surface area contributed by atoms with Gasteiger partial charge in [0.05, 0.1) is 23.4 Å². The predicted octanol–water partition coefficient (Wildman–Crippen LogP) is 4.01. The van der Waals surface area contributed by atoms with Gasteiger partial charge in [-0.05, 0) is 49.7 Å². The number of aromatic nitrogens is 2. The summed E-state index contributed by atoms with van der Waals surface area (Å²) in [4.78, 5) is 17.5. The zero-order valence-electron chi connectivity index (χ0n) is 20.4. The van der Waals surface area contributed by atoms with Gasteiger partial charge in [-0.25, -0.2) is 13.4 Å². The zero-order valence-corrected chi connectivity index (χ0v) is 21.2. The molecule has 3 aromatic carbocycles. The number of imidazole rings is 1. The minimum absolute atomic E-state index is 0.102. The van der Waals surface area contributed by atoms with Gasteiger partial charge in [0, 0.05) is 25.0 Å². The van der Waals surface area contributed by atoms with Gasteiger partial charge in [-0.1, -0.05) is 42.0 Å². The van der Waals surface area contributed by atoms with E-state index in [9.17, 15) is 13.2 Å². The smallest absolute Gasteiger partial charge is 0.264 e. The van der Waals surface area contributed by atoms with E-state index in [2.05, 4.69) is 10.3 Å². The van der Waals surface area contributed by atoms with E-state index in [1.165, 1.54) is 7.11 Å². The fourth-order valence-corrected chi connectivity index (χ4v) is 5.24. The number of nitrogens with zero attached hydrogens (tertiary/aromatic N) is 3. The third kappa shape index (κ3) is 5.41. The number of para-hydroxylation sites is 1. The van der Waals surface area contributed by atoms with E-state index < -0.39 is 22.5 Å². The molecule has 9 heteroatoms. The quantitative estimate of drug-likeness (QED) is 0.372. The Morgan fingerprint density at radius 3 is 2.47 bits per heavy atom. The van der Waals surface area contributed by atoms with Gasteiger partial charge in [-0.3, -0.25) is 9.10 Å². The van der Waals surface area contributed by atoms with Gasteiger partial charge in [0.15, 0.2) is 0 Å². The van der Waals surface area contributed by atoms with Crippen LogP contribution in [0, 0.1) is 13.8 Å². The van der Waals surface area contributed by atoms with Crippen molar-refractivity contribution in [2.24, 2.45) is 0 Å². The Hall–Kier alpha value is -4.11. The van der Waals surface area contributed by atoms with Crippen molar-refractivity contribution in [1.82, 2.24) is 14.9 Å². The van der Waals surface area contributed by atoms with E-state index in [0.29, 0.717) is 11.4 Å². The summed E-state index contributed by atoms with van der Waals surface area (Å²) in [6.45, 7) is 3.61. The first-order valence-electron chi connectivity index (χ1n) is 11.4. The van der Waals surface area contributed by atoms with Crippen molar-refractivity contribution in [2.45, 2.75) is 25.3 Å². The summed E-state index contributed by atoms with van der Waals surface area (Å²) in [6.07, 6.45) is 3.57. The van der Waals surface area contributed by atoms with Crippen molar-refractivity contribution in [3.63, 3.8) is 0 Å². The second kappa shape index (κ2) is 10.7. The maximum absolute atomic E-state index is 13.6. The van der Waals surface area contributed by atoms with E-state index in [1.54, 1.807) is 54.7 Å². The van der Waals surface area contributed by atoms with Crippen LogP contribution in [0.2, 0.25) is 0 Å². The van der Waals surface area contributed by atoms with Crippen LogP contribution in [0.1, 0.15) is 17.0 Å². The molecule has 0 aliphatic heterocycles. The van der Waals surface area contributed by atoms with Crippen molar-refractivity contribution >= 4 is 21.6 Å². The van der Waals surface area contributed by atoms with E-state index in [0.717, 1.165) is 26.9 Å². The largest absolute Gasteiger partial charge is 0.497 e. The number of anilines is 1. The zero-order chi connectivity index (χ0) is 25.7. The second-order valence-electron chi connectivity index (χ2n) is 8.28. The SMILES string of the molecule is COc1cccc(N(CC(=O)NCc2ccccc2-n2ccnc2C)S(=O)(=O)c2ccc(C)cc2)c1. The van der Waals surface area contributed by atoms with Gasteiger partial charge < -0.3 is 14.6 Å². The Kier molecular flexibility index (Phi) is 7.40. The number of sulfonamides is 1. The molecule has 0 unspecified atom stereocenters. The number of aryl methyl sites for hydroxylation is 2. The first-order valence-corrected chi connectivity index (χ1v) is 12.8. The van der Waals surface area contributed by atoms with Crippen molar-refractivity contribution in [1.29, 1.82) is 0 Å². The number of amides is 1. The second-order valence-corrected chi connectivity index (χ2v) is 10.1. The standard InChI is InChI=1S/C27H28N4O4S/c1-20-11-13-25(14-12-20)36(33,34)31(23-8-6-9-24(17-23)35-3)19-27(32)29-18-22-7-4-5-10-26(22)30-16-15-28-21(30)2/h4-17H,18-19H2,1-3H3,(H,29,32). The van der Waals surface area contributed by atoms with Crippen LogP contribution in [-0.4, -0.2) is 37.5 Å². The molecular weight excluding hydrogens is 476 g/mol. The van der Waals surface area contributed by atoms with E-state index in [4.69, 9.17) is 4.74 Å². The first-order chi connectivity index (χ1) is 17.3. The number of carbonyl (C=O) groups is 1. The highest BCUT2D eigenvalue weighted by atomic mass is 32.2. The molecule has 0 saturated heterocycles. The van der Waals surface area contributed by atoms with Gasteiger partial charge in [-0.2, -0.15) is 0 Å². The van der Waals surface area contributed by atoms with E-state index in [-0.39, 0.29) is 11.4 Å². The normalized spacial score (nSPS) is 11.2. The minimum Gasteiger partial charge on any atom is -0.497 e. The molecule has 0 aliphatic rings. The Labute approximate surface area is 211 Å². The minimum atomic E-state index is -4.02. The first kappa shape index (κ1) is 25.0. The number of methoxy groups -OCH3 is 1. The van der Waals surface area contributed by atoms with Crippen LogP contribution in [0.5, 0.6) is 5.75 Å². The molecule has 36 heavy (non-hydrogen) atoms. The molecule has 1 N–H and O–H groups in total. The molecule has 1 heterocycles. The molecule has 4 aromatic rings. The fraction of sp³-hybridized carbons (Fsp3) is 0.185. The number of nitrogens with one attached hydrogen (secondary N) is 1. The molecule has 1 amide bonds. The molecule has 8 nitrogen and oxygen atoms in total. The van der Waals surface area contributed by atoms with Crippen LogP contribution in [0.15, 0.2) is 90.1 Å². The number of ether oxygens (including phenoxy) is 1. The predicted molar refractivity (Wildman–Crippen MR) is 139 cm³/mol. The Morgan fingerprint density at radius 1 is 1.03 bits per heavy atom. The van der Waals surface area contributed by atoms with Crippen LogP contribution in [-0.2, 0) is 21.4 Å². The third-order valence-electron chi connectivity index (χ3n) is 5.79. The topological polar surface area (TPSA) is 93.5 Å². The summed E-state index contributed by atoms with van der Waals surface area (Å²) in [5.74, 6) is 0.870. The van der Waals surface area contributed by atoms with Gasteiger partial charge in [0.2, 0.25) is 5.91 Å². The molecule has 186 valence electrons. The lowest BCUT2D eigenvalue weighted by Gasteiger charge is -2.24. The van der Waals surface area contributed by atoms with Crippen LogP contribution < -0.4 is 14.4 Å². The van der Waals surface area contributed by atoms with Gasteiger partial charge in [-0.15, -0.1) is 0 Å². The maximum atomic E-state index is 13.6. The molecule has 0 atom stereocenters. The maximum Gasteiger partial charge on any atom is 0.264 e. The Bertz CT molecular complexity index is 1460. The van der Waals surface area contributed by atoms with E-state index >= 15 is 0 Å². The Morgan fingerprint density at radius 2 is 1.78 bits per heavy atom. The lowest BCUT2D eigenvalue weighted by molar-refractivity contribution is -0.119. The van der Waals surface area contributed by atoms with Gasteiger partial charge in [0.1, 0.15) is 18.1 Å². The summed E-state index contributed by atoms with van der Waals surface area (Å²) in [6, 6.07) is 20.8. The van der Waals surface area contributed by atoms with Gasteiger partial charge >= 0.3 is 0 Å². The van der Waals surface area contributed by atoms with Gasteiger partial charge in [0.25, 0.3) is 10.0 Å². The molecule has 1 aromatic heterocycles. The molecular formula is C27H28N4O4S.